The predicted octanol–water partition coefficient (Wildman–Crippen LogP) is 3.91. The van der Waals surface area contributed by atoms with Gasteiger partial charge in [-0.2, -0.15) is 5.10 Å². The number of methoxy groups -OCH3 is 1. The van der Waals surface area contributed by atoms with Crippen molar-refractivity contribution in [3.8, 4) is 28.5 Å². The standard InChI is InChI=1S/C15H12BrN3O/c1-20-11-7-8-13(16)12(9-11)15-17-14(18-19-15)10-5-3-2-4-6-10/h2-9H,1H3,(H,17,18,19). The number of hydrogen-bond acceptors (Lipinski definition) is 3. The van der Waals surface area contributed by atoms with Crippen LogP contribution in [0.15, 0.2) is 53.0 Å². The average molecular weight is 330 g/mol. The van der Waals surface area contributed by atoms with Crippen molar-refractivity contribution in [1.29, 1.82) is 0 Å². The van der Waals surface area contributed by atoms with Gasteiger partial charge in [0.25, 0.3) is 0 Å². The van der Waals surface area contributed by atoms with Crippen LogP contribution >= 0.6 is 15.9 Å². The van der Waals surface area contributed by atoms with E-state index in [1.807, 2.05) is 48.5 Å². The van der Waals surface area contributed by atoms with Crippen LogP contribution in [0.3, 0.4) is 0 Å². The van der Waals surface area contributed by atoms with Crippen LogP contribution in [0.2, 0.25) is 0 Å². The van der Waals surface area contributed by atoms with Crippen LogP contribution in [0.5, 0.6) is 5.75 Å². The van der Waals surface area contributed by atoms with Crippen LogP contribution in [0.25, 0.3) is 22.8 Å². The first-order valence-electron chi connectivity index (χ1n) is 6.09. The van der Waals surface area contributed by atoms with E-state index in [4.69, 9.17) is 4.74 Å². The summed E-state index contributed by atoms with van der Waals surface area (Å²) >= 11 is 3.52. The van der Waals surface area contributed by atoms with E-state index in [0.717, 1.165) is 21.3 Å². The van der Waals surface area contributed by atoms with E-state index in [-0.39, 0.29) is 0 Å². The molecule has 0 saturated carbocycles. The Morgan fingerprint density at radius 2 is 1.90 bits per heavy atom. The molecule has 0 unspecified atom stereocenters. The highest BCUT2D eigenvalue weighted by molar-refractivity contribution is 9.10. The van der Waals surface area contributed by atoms with Gasteiger partial charge in [-0.15, -0.1) is 0 Å². The summed E-state index contributed by atoms with van der Waals surface area (Å²) < 4.78 is 6.18. The molecule has 3 aromatic rings. The van der Waals surface area contributed by atoms with E-state index in [1.54, 1.807) is 7.11 Å². The zero-order chi connectivity index (χ0) is 13.9. The van der Waals surface area contributed by atoms with Crippen molar-refractivity contribution < 1.29 is 4.74 Å². The minimum atomic E-state index is 0.676. The van der Waals surface area contributed by atoms with Crippen molar-refractivity contribution in [2.45, 2.75) is 0 Å². The Morgan fingerprint density at radius 3 is 2.65 bits per heavy atom. The van der Waals surface area contributed by atoms with Crippen LogP contribution in [0, 0.1) is 0 Å². The fourth-order valence-electron chi connectivity index (χ4n) is 1.91. The Bertz CT molecular complexity index is 725. The maximum Gasteiger partial charge on any atom is 0.181 e. The van der Waals surface area contributed by atoms with Crippen molar-refractivity contribution in [3.63, 3.8) is 0 Å². The molecule has 0 aliphatic heterocycles. The monoisotopic (exact) mass is 329 g/mol. The summed E-state index contributed by atoms with van der Waals surface area (Å²) in [7, 11) is 1.64. The van der Waals surface area contributed by atoms with Crippen molar-refractivity contribution in [3.05, 3.63) is 53.0 Å². The fourth-order valence-corrected chi connectivity index (χ4v) is 2.35. The number of ether oxygens (including phenoxy) is 1. The first kappa shape index (κ1) is 12.9. The summed E-state index contributed by atoms with van der Waals surface area (Å²) in [6.45, 7) is 0. The van der Waals surface area contributed by atoms with Crippen LogP contribution in [0.1, 0.15) is 0 Å². The number of nitrogens with zero attached hydrogens (tertiary/aromatic N) is 2. The minimum absolute atomic E-state index is 0.676. The number of hydrogen-bond donors (Lipinski definition) is 1. The predicted molar refractivity (Wildman–Crippen MR) is 81.5 cm³/mol. The summed E-state index contributed by atoms with van der Waals surface area (Å²) in [6.07, 6.45) is 0. The summed E-state index contributed by atoms with van der Waals surface area (Å²) in [5.41, 5.74) is 1.90. The smallest absolute Gasteiger partial charge is 0.181 e. The zero-order valence-electron chi connectivity index (χ0n) is 10.8. The van der Waals surface area contributed by atoms with Gasteiger partial charge in [0.2, 0.25) is 0 Å². The van der Waals surface area contributed by atoms with Gasteiger partial charge in [-0.3, -0.25) is 5.10 Å². The Balaban J connectivity index is 2.02. The van der Waals surface area contributed by atoms with Gasteiger partial charge in [0.1, 0.15) is 5.75 Å². The number of aromatic amines is 1. The van der Waals surface area contributed by atoms with E-state index in [0.29, 0.717) is 11.6 Å². The van der Waals surface area contributed by atoms with Crippen molar-refractivity contribution in [1.82, 2.24) is 15.2 Å². The van der Waals surface area contributed by atoms with Crippen molar-refractivity contribution >= 4 is 15.9 Å². The number of nitrogens with one attached hydrogen (secondary N) is 1. The molecule has 0 radical (unpaired) electrons. The molecule has 2 aromatic carbocycles. The molecule has 0 spiro atoms. The van der Waals surface area contributed by atoms with Gasteiger partial charge in [-0.25, -0.2) is 4.98 Å². The van der Waals surface area contributed by atoms with Gasteiger partial charge in [0.05, 0.1) is 7.11 Å². The van der Waals surface area contributed by atoms with Crippen LogP contribution in [0.4, 0.5) is 0 Å². The third-order valence-corrected chi connectivity index (χ3v) is 3.64. The summed E-state index contributed by atoms with van der Waals surface area (Å²) in [4.78, 5) is 4.53. The van der Waals surface area contributed by atoms with E-state index >= 15 is 0 Å². The minimum Gasteiger partial charge on any atom is -0.497 e. The molecule has 0 aliphatic rings. The van der Waals surface area contributed by atoms with Gasteiger partial charge in [-0.1, -0.05) is 46.3 Å². The maximum atomic E-state index is 5.24. The third kappa shape index (κ3) is 2.44. The second kappa shape index (κ2) is 5.46. The molecule has 20 heavy (non-hydrogen) atoms. The van der Waals surface area contributed by atoms with Gasteiger partial charge < -0.3 is 4.74 Å². The molecule has 0 amide bonds. The Hall–Kier alpha value is -2.14. The fraction of sp³-hybridized carbons (Fsp3) is 0.0667. The maximum absolute atomic E-state index is 5.24. The van der Waals surface area contributed by atoms with Crippen LogP contribution in [-0.4, -0.2) is 22.3 Å². The van der Waals surface area contributed by atoms with E-state index in [2.05, 4.69) is 31.1 Å². The van der Waals surface area contributed by atoms with Crippen LogP contribution < -0.4 is 4.74 Å². The molecule has 1 aromatic heterocycles. The molecule has 0 aliphatic carbocycles. The Morgan fingerprint density at radius 1 is 1.10 bits per heavy atom. The van der Waals surface area contributed by atoms with Gasteiger partial charge in [0, 0.05) is 15.6 Å². The topological polar surface area (TPSA) is 50.8 Å². The number of halogens is 1. The first-order valence-corrected chi connectivity index (χ1v) is 6.89. The van der Waals surface area contributed by atoms with Crippen molar-refractivity contribution in [2.75, 3.05) is 7.11 Å². The average Bonchev–Trinajstić information content (AvgIpc) is 2.98. The van der Waals surface area contributed by atoms with Crippen molar-refractivity contribution in [2.24, 2.45) is 0 Å². The second-order valence-corrected chi connectivity index (χ2v) is 5.07. The van der Waals surface area contributed by atoms with Crippen LogP contribution in [-0.2, 0) is 0 Å². The molecular weight excluding hydrogens is 318 g/mol. The molecule has 0 saturated heterocycles. The highest BCUT2D eigenvalue weighted by atomic mass is 79.9. The molecule has 0 atom stereocenters. The number of benzene rings is 2. The lowest BCUT2D eigenvalue weighted by molar-refractivity contribution is 0.415. The normalized spacial score (nSPS) is 10.5. The van der Waals surface area contributed by atoms with E-state index in [1.165, 1.54) is 0 Å². The summed E-state index contributed by atoms with van der Waals surface area (Å²) in [5.74, 6) is 2.16. The molecule has 3 rings (SSSR count). The molecule has 5 heteroatoms. The molecule has 100 valence electrons. The Labute approximate surface area is 125 Å². The Kier molecular flexibility index (Phi) is 3.52. The van der Waals surface area contributed by atoms with Gasteiger partial charge in [-0.05, 0) is 18.2 Å². The number of rotatable bonds is 3. The molecule has 1 heterocycles. The molecule has 1 N–H and O–H groups in total. The van der Waals surface area contributed by atoms with Gasteiger partial charge in [0.15, 0.2) is 11.6 Å². The van der Waals surface area contributed by atoms with Gasteiger partial charge >= 0.3 is 0 Å². The zero-order valence-corrected chi connectivity index (χ0v) is 12.4. The number of H-pyrrole nitrogens is 1. The van der Waals surface area contributed by atoms with E-state index in [9.17, 15) is 0 Å². The quantitative estimate of drug-likeness (QED) is 0.792. The molecule has 4 nitrogen and oxygen atoms in total. The third-order valence-electron chi connectivity index (χ3n) is 2.95. The summed E-state index contributed by atoms with van der Waals surface area (Å²) in [5, 5.41) is 7.23. The highest BCUT2D eigenvalue weighted by Gasteiger charge is 2.11. The highest BCUT2D eigenvalue weighted by Crippen LogP contribution is 2.30. The lowest BCUT2D eigenvalue weighted by Gasteiger charge is -2.04. The molecular formula is C15H12BrN3O. The second-order valence-electron chi connectivity index (χ2n) is 4.22. The largest absolute Gasteiger partial charge is 0.497 e. The first-order chi connectivity index (χ1) is 9.78. The molecule has 0 fully saturated rings. The lowest BCUT2D eigenvalue weighted by atomic mass is 10.2. The molecule has 0 bridgehead atoms. The lowest BCUT2D eigenvalue weighted by Crippen LogP contribution is -1.87. The van der Waals surface area contributed by atoms with E-state index < -0.39 is 0 Å². The SMILES string of the molecule is COc1ccc(Br)c(-c2nc(-c3ccccc3)n[nH]2)c1. The summed E-state index contributed by atoms with van der Waals surface area (Å²) in [6, 6.07) is 15.6. The number of aromatic nitrogens is 3.